The first-order valence-electron chi connectivity index (χ1n) is 6.79. The summed E-state index contributed by atoms with van der Waals surface area (Å²) in [6, 6.07) is 3.44. The molecule has 0 aliphatic heterocycles. The van der Waals surface area contributed by atoms with Crippen LogP contribution in [0.2, 0.25) is 0 Å². The van der Waals surface area contributed by atoms with Crippen LogP contribution in [0.4, 0.5) is 10.1 Å². The Labute approximate surface area is 130 Å². The molecule has 2 amide bonds. The Hall–Kier alpha value is -1.73. The Balaban J connectivity index is 1.69. The molecule has 0 saturated heterocycles. The van der Waals surface area contributed by atoms with Crippen molar-refractivity contribution in [3.63, 3.8) is 0 Å². The fourth-order valence-electron chi connectivity index (χ4n) is 2.26. The second-order valence-corrected chi connectivity index (χ2v) is 7.06. The molecule has 0 unspecified atom stereocenters. The zero-order chi connectivity index (χ0) is 14.8. The minimum Gasteiger partial charge on any atom is -0.318 e. The minimum absolute atomic E-state index is 0.142. The molecule has 2 N–H and O–H groups in total. The number of nitrogens with zero attached hydrogens (tertiary/aromatic N) is 1. The molecule has 0 atom stereocenters. The van der Waals surface area contributed by atoms with Gasteiger partial charge < -0.3 is 5.32 Å². The number of thiophene rings is 1. The quantitative estimate of drug-likeness (QED) is 0.911. The van der Waals surface area contributed by atoms with Crippen molar-refractivity contribution in [3.05, 3.63) is 27.6 Å². The molecule has 0 radical (unpaired) electrons. The highest BCUT2D eigenvalue weighted by molar-refractivity contribution is 7.18. The number of rotatable bonds is 3. The van der Waals surface area contributed by atoms with E-state index in [1.54, 1.807) is 23.5 Å². The van der Waals surface area contributed by atoms with Gasteiger partial charge in [-0.25, -0.2) is 4.98 Å². The lowest BCUT2D eigenvalue weighted by Crippen LogP contribution is -2.10. The standard InChI is InChI=1S/C14H15N3O2S2/c1-8(18)15-12-7-6-11(20-12)13(19)17-14-16-9-4-2-3-5-10(9)21-14/h6-7H,2-5H2,1H3,(H,15,18)(H,16,17,19). The number of thiazole rings is 1. The normalized spacial score (nSPS) is 13.6. The maximum absolute atomic E-state index is 12.2. The number of carbonyl (C=O) groups excluding carboxylic acids is 2. The third-order valence-electron chi connectivity index (χ3n) is 3.20. The van der Waals surface area contributed by atoms with Gasteiger partial charge in [0.2, 0.25) is 5.91 Å². The van der Waals surface area contributed by atoms with E-state index in [4.69, 9.17) is 0 Å². The highest BCUT2D eigenvalue weighted by Crippen LogP contribution is 2.30. The SMILES string of the molecule is CC(=O)Nc1ccc(C(=O)Nc2nc3c(s2)CCCC3)s1. The molecule has 0 aromatic carbocycles. The van der Waals surface area contributed by atoms with Crippen molar-refractivity contribution in [1.82, 2.24) is 4.98 Å². The molecule has 0 fully saturated rings. The fraction of sp³-hybridized carbons (Fsp3) is 0.357. The molecule has 0 bridgehead atoms. The van der Waals surface area contributed by atoms with Crippen LogP contribution in [0.5, 0.6) is 0 Å². The van der Waals surface area contributed by atoms with Crippen LogP contribution >= 0.6 is 22.7 Å². The summed E-state index contributed by atoms with van der Waals surface area (Å²) < 4.78 is 0. The molecule has 2 aromatic rings. The van der Waals surface area contributed by atoms with Crippen molar-refractivity contribution >= 4 is 44.6 Å². The van der Waals surface area contributed by atoms with Crippen molar-refractivity contribution in [2.45, 2.75) is 32.6 Å². The Morgan fingerprint density at radius 2 is 1.95 bits per heavy atom. The molecule has 1 aliphatic carbocycles. The van der Waals surface area contributed by atoms with E-state index >= 15 is 0 Å². The largest absolute Gasteiger partial charge is 0.318 e. The van der Waals surface area contributed by atoms with Gasteiger partial charge in [0.15, 0.2) is 5.13 Å². The molecule has 110 valence electrons. The van der Waals surface area contributed by atoms with Gasteiger partial charge in [-0.1, -0.05) is 0 Å². The molecule has 2 heterocycles. The topological polar surface area (TPSA) is 71.1 Å². The number of aryl methyl sites for hydroxylation is 2. The van der Waals surface area contributed by atoms with Crippen LogP contribution in [-0.2, 0) is 17.6 Å². The predicted molar refractivity (Wildman–Crippen MR) is 85.3 cm³/mol. The van der Waals surface area contributed by atoms with Crippen LogP contribution in [0.15, 0.2) is 12.1 Å². The third-order valence-corrected chi connectivity index (χ3v) is 5.27. The van der Waals surface area contributed by atoms with E-state index in [1.807, 2.05) is 0 Å². The van der Waals surface area contributed by atoms with Crippen LogP contribution in [0.1, 0.15) is 40.0 Å². The van der Waals surface area contributed by atoms with Crippen LogP contribution in [0, 0.1) is 0 Å². The summed E-state index contributed by atoms with van der Waals surface area (Å²) in [4.78, 5) is 29.5. The maximum atomic E-state index is 12.2. The van der Waals surface area contributed by atoms with E-state index in [2.05, 4.69) is 15.6 Å². The molecule has 0 spiro atoms. The number of nitrogens with one attached hydrogen (secondary N) is 2. The zero-order valence-electron chi connectivity index (χ0n) is 11.6. The number of amides is 2. The molecule has 7 heteroatoms. The Bertz CT molecular complexity index is 667. The van der Waals surface area contributed by atoms with Crippen molar-refractivity contribution in [2.24, 2.45) is 0 Å². The van der Waals surface area contributed by atoms with E-state index in [1.165, 1.54) is 36.0 Å². The van der Waals surface area contributed by atoms with Gasteiger partial charge in [-0.2, -0.15) is 0 Å². The number of fused-ring (bicyclic) bond motifs is 1. The van der Waals surface area contributed by atoms with Gasteiger partial charge in [0.25, 0.3) is 5.91 Å². The van der Waals surface area contributed by atoms with Gasteiger partial charge in [0.05, 0.1) is 15.6 Å². The number of carbonyl (C=O) groups is 2. The van der Waals surface area contributed by atoms with E-state index in [0.29, 0.717) is 15.0 Å². The van der Waals surface area contributed by atoms with E-state index in [9.17, 15) is 9.59 Å². The van der Waals surface area contributed by atoms with Crippen LogP contribution in [0.3, 0.4) is 0 Å². The second kappa shape index (κ2) is 5.95. The summed E-state index contributed by atoms with van der Waals surface area (Å²) in [6.07, 6.45) is 4.45. The van der Waals surface area contributed by atoms with Gasteiger partial charge in [0.1, 0.15) is 0 Å². The molecule has 5 nitrogen and oxygen atoms in total. The fourth-order valence-corrected chi connectivity index (χ4v) is 4.16. The summed E-state index contributed by atoms with van der Waals surface area (Å²) in [7, 11) is 0. The second-order valence-electron chi connectivity index (χ2n) is 4.90. The van der Waals surface area contributed by atoms with Gasteiger partial charge in [-0.05, 0) is 37.8 Å². The first-order valence-corrected chi connectivity index (χ1v) is 8.42. The Kier molecular flexibility index (Phi) is 4.03. The average Bonchev–Trinajstić information content (AvgIpc) is 3.03. The highest BCUT2D eigenvalue weighted by atomic mass is 32.1. The molecule has 21 heavy (non-hydrogen) atoms. The van der Waals surface area contributed by atoms with Crippen LogP contribution < -0.4 is 10.6 Å². The van der Waals surface area contributed by atoms with Gasteiger partial charge in [0, 0.05) is 11.8 Å². The van der Waals surface area contributed by atoms with Gasteiger partial charge in [-0.3, -0.25) is 14.9 Å². The molecular formula is C14H15N3O2S2. The summed E-state index contributed by atoms with van der Waals surface area (Å²) in [5.41, 5.74) is 1.13. The van der Waals surface area contributed by atoms with Gasteiger partial charge >= 0.3 is 0 Å². The number of anilines is 2. The summed E-state index contributed by atoms with van der Waals surface area (Å²) in [5.74, 6) is -0.320. The first kappa shape index (κ1) is 14.2. The lowest BCUT2D eigenvalue weighted by Gasteiger charge is -2.06. The summed E-state index contributed by atoms with van der Waals surface area (Å²) >= 11 is 2.82. The van der Waals surface area contributed by atoms with E-state index in [-0.39, 0.29) is 11.8 Å². The van der Waals surface area contributed by atoms with Crippen LogP contribution in [0.25, 0.3) is 0 Å². The zero-order valence-corrected chi connectivity index (χ0v) is 13.2. The first-order chi connectivity index (χ1) is 10.1. The maximum Gasteiger partial charge on any atom is 0.267 e. The monoisotopic (exact) mass is 321 g/mol. The van der Waals surface area contributed by atoms with E-state index < -0.39 is 0 Å². The number of aromatic nitrogens is 1. The lowest BCUT2D eigenvalue weighted by molar-refractivity contribution is -0.114. The van der Waals surface area contributed by atoms with Crippen molar-refractivity contribution < 1.29 is 9.59 Å². The highest BCUT2D eigenvalue weighted by Gasteiger charge is 2.17. The summed E-state index contributed by atoms with van der Waals surface area (Å²) in [6.45, 7) is 1.44. The number of hydrogen-bond acceptors (Lipinski definition) is 5. The van der Waals surface area contributed by atoms with Crippen molar-refractivity contribution in [2.75, 3.05) is 10.6 Å². The molecule has 2 aromatic heterocycles. The minimum atomic E-state index is -0.178. The summed E-state index contributed by atoms with van der Waals surface area (Å²) in [5, 5.41) is 6.86. The number of hydrogen-bond donors (Lipinski definition) is 2. The average molecular weight is 321 g/mol. The molecular weight excluding hydrogens is 306 g/mol. The smallest absolute Gasteiger partial charge is 0.267 e. The van der Waals surface area contributed by atoms with Crippen molar-refractivity contribution in [1.29, 1.82) is 0 Å². The molecule has 0 saturated carbocycles. The third kappa shape index (κ3) is 3.30. The Morgan fingerprint density at radius 1 is 1.14 bits per heavy atom. The predicted octanol–water partition coefficient (Wildman–Crippen LogP) is 3.29. The molecule has 1 aliphatic rings. The molecule has 3 rings (SSSR count). The van der Waals surface area contributed by atoms with Gasteiger partial charge in [-0.15, -0.1) is 22.7 Å². The van der Waals surface area contributed by atoms with Crippen LogP contribution in [-0.4, -0.2) is 16.8 Å². The van der Waals surface area contributed by atoms with Crippen molar-refractivity contribution in [3.8, 4) is 0 Å². The van der Waals surface area contributed by atoms with E-state index in [0.717, 1.165) is 18.5 Å². The lowest BCUT2D eigenvalue weighted by atomic mass is 10.0. The Morgan fingerprint density at radius 3 is 2.71 bits per heavy atom.